The summed E-state index contributed by atoms with van der Waals surface area (Å²) in [7, 11) is -0.934. The van der Waals surface area contributed by atoms with Gasteiger partial charge in [0.25, 0.3) is 5.91 Å². The Hall–Kier alpha value is -0.870. The molecule has 0 saturated heterocycles. The molecule has 1 amide bonds. The molecule has 0 fully saturated rings. The standard InChI is InChI=1S/C12H16ClNO2S/c1-8(17(3)16)7-14-12(15)10-5-4-6-11(13)9(10)2/h4-6,8H,7H2,1-3H3,(H,14,15). The summed E-state index contributed by atoms with van der Waals surface area (Å²) in [5.74, 6) is -0.178. The Bertz CT molecular complexity index is 448. The van der Waals surface area contributed by atoms with E-state index in [1.165, 1.54) is 0 Å². The van der Waals surface area contributed by atoms with E-state index in [-0.39, 0.29) is 11.2 Å². The van der Waals surface area contributed by atoms with Gasteiger partial charge in [0.05, 0.1) is 0 Å². The molecule has 1 N–H and O–H groups in total. The molecule has 17 heavy (non-hydrogen) atoms. The van der Waals surface area contributed by atoms with Crippen LogP contribution in [0.5, 0.6) is 0 Å². The SMILES string of the molecule is Cc1c(Cl)cccc1C(=O)NCC(C)S(C)=O. The van der Waals surface area contributed by atoms with Gasteiger partial charge in [0.1, 0.15) is 0 Å². The quantitative estimate of drug-likeness (QED) is 0.914. The molecule has 0 bridgehead atoms. The van der Waals surface area contributed by atoms with Gasteiger partial charge in [0.15, 0.2) is 0 Å². The summed E-state index contributed by atoms with van der Waals surface area (Å²) in [4.78, 5) is 11.9. The van der Waals surface area contributed by atoms with Crippen molar-refractivity contribution in [1.82, 2.24) is 5.32 Å². The Labute approximate surface area is 109 Å². The van der Waals surface area contributed by atoms with Crippen LogP contribution in [0.4, 0.5) is 0 Å². The van der Waals surface area contributed by atoms with Gasteiger partial charge in [0, 0.05) is 39.4 Å². The van der Waals surface area contributed by atoms with Crippen molar-refractivity contribution in [2.75, 3.05) is 12.8 Å². The first kappa shape index (κ1) is 14.2. The van der Waals surface area contributed by atoms with Crippen LogP contribution in [0.2, 0.25) is 5.02 Å². The highest BCUT2D eigenvalue weighted by Gasteiger charge is 2.12. The number of rotatable bonds is 4. The third kappa shape index (κ3) is 3.82. The van der Waals surface area contributed by atoms with Crippen molar-refractivity contribution in [2.24, 2.45) is 0 Å². The summed E-state index contributed by atoms with van der Waals surface area (Å²) in [5, 5.41) is 3.27. The Kier molecular flexibility index (Phi) is 5.15. The number of nitrogens with one attached hydrogen (secondary N) is 1. The largest absolute Gasteiger partial charge is 0.351 e. The van der Waals surface area contributed by atoms with Crippen LogP contribution in [0.3, 0.4) is 0 Å². The number of hydrogen-bond acceptors (Lipinski definition) is 2. The molecule has 0 heterocycles. The van der Waals surface area contributed by atoms with Gasteiger partial charge in [-0.1, -0.05) is 17.7 Å². The molecule has 5 heteroatoms. The van der Waals surface area contributed by atoms with Gasteiger partial charge in [-0.3, -0.25) is 9.00 Å². The zero-order chi connectivity index (χ0) is 13.0. The van der Waals surface area contributed by atoms with Crippen molar-refractivity contribution in [1.29, 1.82) is 0 Å². The summed E-state index contributed by atoms with van der Waals surface area (Å²) in [5.41, 5.74) is 1.32. The van der Waals surface area contributed by atoms with Crippen LogP contribution in [0.1, 0.15) is 22.8 Å². The van der Waals surface area contributed by atoms with Gasteiger partial charge in [-0.05, 0) is 31.5 Å². The van der Waals surface area contributed by atoms with E-state index < -0.39 is 10.8 Å². The number of carbonyl (C=O) groups is 1. The van der Waals surface area contributed by atoms with E-state index in [1.807, 2.05) is 6.92 Å². The monoisotopic (exact) mass is 273 g/mol. The van der Waals surface area contributed by atoms with Crippen molar-refractivity contribution < 1.29 is 9.00 Å². The summed E-state index contributed by atoms with van der Waals surface area (Å²) in [6.45, 7) is 4.04. The summed E-state index contributed by atoms with van der Waals surface area (Å²) < 4.78 is 11.2. The van der Waals surface area contributed by atoms with Crippen molar-refractivity contribution in [3.8, 4) is 0 Å². The van der Waals surface area contributed by atoms with Crippen LogP contribution in [0, 0.1) is 6.92 Å². The molecule has 1 rings (SSSR count). The average molecular weight is 274 g/mol. The number of carbonyl (C=O) groups excluding carboxylic acids is 1. The Balaban J connectivity index is 2.71. The lowest BCUT2D eigenvalue weighted by atomic mass is 10.1. The van der Waals surface area contributed by atoms with Crippen molar-refractivity contribution >= 4 is 28.3 Å². The van der Waals surface area contributed by atoms with E-state index in [9.17, 15) is 9.00 Å². The average Bonchev–Trinajstić information content (AvgIpc) is 2.29. The molecule has 0 aliphatic carbocycles. The van der Waals surface area contributed by atoms with E-state index in [0.717, 1.165) is 5.56 Å². The fraction of sp³-hybridized carbons (Fsp3) is 0.417. The molecule has 1 aromatic carbocycles. The minimum absolute atomic E-state index is 0.0570. The number of benzene rings is 1. The highest BCUT2D eigenvalue weighted by Crippen LogP contribution is 2.18. The van der Waals surface area contributed by atoms with Crippen LogP contribution >= 0.6 is 11.6 Å². The first-order valence-electron chi connectivity index (χ1n) is 5.29. The van der Waals surface area contributed by atoms with Gasteiger partial charge < -0.3 is 5.32 Å². The zero-order valence-corrected chi connectivity index (χ0v) is 11.7. The topological polar surface area (TPSA) is 46.2 Å². The maximum Gasteiger partial charge on any atom is 0.251 e. The molecule has 0 aromatic heterocycles. The predicted octanol–water partition coefficient (Wildman–Crippen LogP) is 2.15. The molecular formula is C12H16ClNO2S. The molecule has 1 aromatic rings. The fourth-order valence-corrected chi connectivity index (χ4v) is 1.80. The van der Waals surface area contributed by atoms with Crippen molar-refractivity contribution in [3.63, 3.8) is 0 Å². The number of hydrogen-bond donors (Lipinski definition) is 1. The normalized spacial score (nSPS) is 14.1. The lowest BCUT2D eigenvalue weighted by Gasteiger charge is -2.11. The van der Waals surface area contributed by atoms with Crippen LogP contribution in [0.15, 0.2) is 18.2 Å². The molecule has 94 valence electrons. The highest BCUT2D eigenvalue weighted by molar-refractivity contribution is 7.84. The maximum atomic E-state index is 11.9. The molecule has 0 saturated carbocycles. The van der Waals surface area contributed by atoms with Crippen LogP contribution < -0.4 is 5.32 Å². The molecule has 2 atom stereocenters. The van der Waals surface area contributed by atoms with E-state index in [0.29, 0.717) is 17.1 Å². The first-order valence-corrected chi connectivity index (χ1v) is 7.29. The van der Waals surface area contributed by atoms with Crippen LogP contribution in [-0.4, -0.2) is 28.2 Å². The summed E-state index contributed by atoms with van der Waals surface area (Å²) in [6, 6.07) is 5.22. The zero-order valence-electron chi connectivity index (χ0n) is 10.1. The Morgan fingerprint density at radius 2 is 2.18 bits per heavy atom. The van der Waals surface area contributed by atoms with Crippen molar-refractivity contribution in [3.05, 3.63) is 34.3 Å². The maximum absolute atomic E-state index is 11.9. The smallest absolute Gasteiger partial charge is 0.251 e. The second kappa shape index (κ2) is 6.17. The van der Waals surface area contributed by atoms with E-state index in [4.69, 9.17) is 11.6 Å². The summed E-state index contributed by atoms with van der Waals surface area (Å²) in [6.07, 6.45) is 1.63. The predicted molar refractivity (Wildman–Crippen MR) is 72.1 cm³/mol. The number of halogens is 1. The summed E-state index contributed by atoms with van der Waals surface area (Å²) >= 11 is 5.94. The highest BCUT2D eigenvalue weighted by atomic mass is 35.5. The van der Waals surface area contributed by atoms with Gasteiger partial charge in [-0.15, -0.1) is 0 Å². The van der Waals surface area contributed by atoms with Gasteiger partial charge in [-0.2, -0.15) is 0 Å². The minimum Gasteiger partial charge on any atom is -0.351 e. The van der Waals surface area contributed by atoms with E-state index in [1.54, 1.807) is 31.4 Å². The van der Waals surface area contributed by atoms with Crippen LogP contribution in [-0.2, 0) is 10.8 Å². The lowest BCUT2D eigenvalue weighted by Crippen LogP contribution is -2.32. The van der Waals surface area contributed by atoms with Gasteiger partial charge in [0.2, 0.25) is 0 Å². The molecule has 2 unspecified atom stereocenters. The third-order valence-corrected chi connectivity index (χ3v) is 4.34. The third-order valence-electron chi connectivity index (χ3n) is 2.63. The first-order chi connectivity index (χ1) is 7.93. The van der Waals surface area contributed by atoms with E-state index >= 15 is 0 Å². The lowest BCUT2D eigenvalue weighted by molar-refractivity contribution is 0.0953. The van der Waals surface area contributed by atoms with Crippen LogP contribution in [0.25, 0.3) is 0 Å². The second-order valence-electron chi connectivity index (χ2n) is 3.93. The minimum atomic E-state index is -0.934. The molecule has 0 radical (unpaired) electrons. The molecule has 0 aliphatic rings. The molecule has 3 nitrogen and oxygen atoms in total. The molecule has 0 spiro atoms. The Morgan fingerprint density at radius 3 is 2.76 bits per heavy atom. The fourth-order valence-electron chi connectivity index (χ4n) is 1.30. The second-order valence-corrected chi connectivity index (χ2v) is 6.14. The molecular weight excluding hydrogens is 258 g/mol. The van der Waals surface area contributed by atoms with Gasteiger partial charge in [-0.25, -0.2) is 0 Å². The van der Waals surface area contributed by atoms with Crippen molar-refractivity contribution in [2.45, 2.75) is 19.1 Å². The molecule has 0 aliphatic heterocycles. The number of amides is 1. The Morgan fingerprint density at radius 1 is 1.53 bits per heavy atom. The van der Waals surface area contributed by atoms with Gasteiger partial charge >= 0.3 is 0 Å². The van der Waals surface area contributed by atoms with E-state index in [2.05, 4.69) is 5.32 Å².